The van der Waals surface area contributed by atoms with Gasteiger partial charge in [0.05, 0.1) is 17.9 Å². The molecule has 120 valence electrons. The molecule has 0 radical (unpaired) electrons. The van der Waals surface area contributed by atoms with Gasteiger partial charge in [-0.15, -0.1) is 0 Å². The van der Waals surface area contributed by atoms with Crippen molar-refractivity contribution in [3.05, 3.63) is 23.7 Å². The van der Waals surface area contributed by atoms with E-state index < -0.39 is 12.0 Å². The summed E-state index contributed by atoms with van der Waals surface area (Å²) in [5.74, 6) is -0.708. The summed E-state index contributed by atoms with van der Waals surface area (Å²) in [7, 11) is 0. The Kier molecular flexibility index (Phi) is 3.32. The van der Waals surface area contributed by atoms with Crippen molar-refractivity contribution in [3.8, 4) is 6.07 Å². The highest BCUT2D eigenvalue weighted by molar-refractivity contribution is 6.33. The summed E-state index contributed by atoms with van der Waals surface area (Å²) in [5.41, 5.74) is 0.666. The van der Waals surface area contributed by atoms with Crippen molar-refractivity contribution in [1.82, 2.24) is 14.5 Å². The number of hydrogen-bond donors (Lipinski definition) is 0. The molecule has 0 spiro atoms. The Morgan fingerprint density at radius 1 is 1.35 bits per heavy atom. The van der Waals surface area contributed by atoms with E-state index in [1.165, 1.54) is 6.33 Å². The quantitative estimate of drug-likeness (QED) is 0.784. The second kappa shape index (κ2) is 5.14. The number of fused-ring (bicyclic) bond motifs is 2. The molecule has 2 aliphatic rings. The minimum Gasteiger partial charge on any atom is -0.348 e. The molecular weight excluding hydrogens is 320 g/mol. The lowest BCUT2D eigenvalue weighted by molar-refractivity contribution is -0.195. The normalized spacial score (nSPS) is 32.1. The molecule has 4 atom stereocenters. The molecule has 0 saturated carbocycles. The highest BCUT2D eigenvalue weighted by Gasteiger charge is 2.55. The molecule has 2 aromatic heterocycles. The largest absolute Gasteiger partial charge is 0.348 e. The molecule has 4 heterocycles. The van der Waals surface area contributed by atoms with Gasteiger partial charge in [-0.05, 0) is 19.9 Å². The molecule has 0 amide bonds. The van der Waals surface area contributed by atoms with Crippen LogP contribution in [0.3, 0.4) is 0 Å². The molecule has 1 unspecified atom stereocenters. The summed E-state index contributed by atoms with van der Waals surface area (Å²) in [6.07, 6.45) is 2.13. The first kappa shape index (κ1) is 14.8. The van der Waals surface area contributed by atoms with Crippen LogP contribution in [0.2, 0.25) is 5.15 Å². The van der Waals surface area contributed by atoms with Crippen molar-refractivity contribution in [2.75, 3.05) is 0 Å². The molecule has 8 heteroatoms. The number of aromatic nitrogens is 3. The number of ether oxygens (including phenoxy) is 3. The van der Waals surface area contributed by atoms with Crippen molar-refractivity contribution in [2.24, 2.45) is 0 Å². The van der Waals surface area contributed by atoms with Crippen LogP contribution in [0.15, 0.2) is 18.6 Å². The summed E-state index contributed by atoms with van der Waals surface area (Å²) in [6, 6.07) is 3.99. The second-order valence-corrected chi connectivity index (χ2v) is 6.47. The van der Waals surface area contributed by atoms with E-state index in [0.29, 0.717) is 10.8 Å². The maximum absolute atomic E-state index is 9.03. The lowest BCUT2D eigenvalue weighted by Crippen LogP contribution is -2.29. The summed E-state index contributed by atoms with van der Waals surface area (Å²) in [5, 5.41) is 10.2. The van der Waals surface area contributed by atoms with E-state index in [9.17, 15) is 0 Å². The number of halogens is 1. The van der Waals surface area contributed by atoms with Gasteiger partial charge < -0.3 is 18.8 Å². The third-order valence-corrected chi connectivity index (χ3v) is 4.45. The van der Waals surface area contributed by atoms with Crippen molar-refractivity contribution in [1.29, 1.82) is 5.26 Å². The van der Waals surface area contributed by atoms with Gasteiger partial charge in [-0.3, -0.25) is 0 Å². The van der Waals surface area contributed by atoms with E-state index in [-0.39, 0.29) is 24.7 Å². The number of hydrogen-bond acceptors (Lipinski definition) is 6. The van der Waals surface area contributed by atoms with Gasteiger partial charge in [-0.2, -0.15) is 5.26 Å². The van der Waals surface area contributed by atoms with Crippen LogP contribution in [0.5, 0.6) is 0 Å². The van der Waals surface area contributed by atoms with Crippen molar-refractivity contribution in [3.63, 3.8) is 0 Å². The Bertz CT molecular complexity index is 800. The van der Waals surface area contributed by atoms with Crippen LogP contribution in [-0.4, -0.2) is 38.6 Å². The van der Waals surface area contributed by atoms with Gasteiger partial charge in [-0.1, -0.05) is 11.6 Å². The minimum absolute atomic E-state index is 0.242. The second-order valence-electron chi connectivity index (χ2n) is 6.12. The highest BCUT2D eigenvalue weighted by atomic mass is 35.5. The first-order valence-corrected chi connectivity index (χ1v) is 7.73. The molecule has 0 N–H and O–H groups in total. The van der Waals surface area contributed by atoms with Crippen molar-refractivity contribution in [2.45, 2.75) is 50.6 Å². The molecule has 0 aromatic carbocycles. The molecule has 4 rings (SSSR count). The van der Waals surface area contributed by atoms with Crippen LogP contribution in [-0.2, 0) is 14.2 Å². The summed E-state index contributed by atoms with van der Waals surface area (Å²) in [6.45, 7) is 3.72. The first-order valence-electron chi connectivity index (χ1n) is 7.35. The zero-order valence-electron chi connectivity index (χ0n) is 12.6. The molecular formula is C15H15ClN4O3. The average Bonchev–Trinajstić information content (AvgIpc) is 3.13. The zero-order valence-corrected chi connectivity index (χ0v) is 13.4. The lowest BCUT2D eigenvalue weighted by atomic mass is 10.1. The van der Waals surface area contributed by atoms with Gasteiger partial charge in [0.2, 0.25) is 0 Å². The van der Waals surface area contributed by atoms with Crippen LogP contribution < -0.4 is 0 Å². The van der Waals surface area contributed by atoms with E-state index in [0.717, 1.165) is 5.39 Å². The molecule has 2 fully saturated rings. The van der Waals surface area contributed by atoms with Crippen molar-refractivity contribution < 1.29 is 14.2 Å². The predicted molar refractivity (Wildman–Crippen MR) is 80.5 cm³/mol. The van der Waals surface area contributed by atoms with Gasteiger partial charge in [0, 0.05) is 6.20 Å². The Morgan fingerprint density at radius 2 is 2.13 bits per heavy atom. The average molecular weight is 335 g/mol. The molecule has 23 heavy (non-hydrogen) atoms. The van der Waals surface area contributed by atoms with Crippen LogP contribution in [0.1, 0.15) is 26.5 Å². The molecule has 0 aliphatic carbocycles. The summed E-state index contributed by atoms with van der Waals surface area (Å²) in [4.78, 5) is 8.28. The highest BCUT2D eigenvalue weighted by Crippen LogP contribution is 2.44. The van der Waals surface area contributed by atoms with Crippen LogP contribution in [0.25, 0.3) is 11.0 Å². The fourth-order valence-electron chi connectivity index (χ4n) is 3.28. The van der Waals surface area contributed by atoms with Gasteiger partial charge in [0.15, 0.2) is 12.0 Å². The smallest absolute Gasteiger partial charge is 0.164 e. The standard InChI is InChI=1S/C15H15ClN4O3/c1-15(2)22-10-9(3-5-17)21-14(11(10)23-15)20-6-4-8-12(16)18-7-19-13(8)20/h4,6-7,9-11,14H,3H2,1-2H3/t9?,10-,11-,14-/m1/s1. The molecule has 2 aliphatic heterocycles. The van der Waals surface area contributed by atoms with E-state index in [1.807, 2.05) is 30.7 Å². The van der Waals surface area contributed by atoms with Crippen LogP contribution in [0.4, 0.5) is 0 Å². The summed E-state index contributed by atoms with van der Waals surface area (Å²) < 4.78 is 19.8. The number of rotatable bonds is 2. The summed E-state index contributed by atoms with van der Waals surface area (Å²) >= 11 is 6.11. The van der Waals surface area contributed by atoms with Gasteiger partial charge in [-0.25, -0.2) is 9.97 Å². The van der Waals surface area contributed by atoms with Crippen molar-refractivity contribution >= 4 is 22.6 Å². The number of nitriles is 1. The van der Waals surface area contributed by atoms with Crippen LogP contribution >= 0.6 is 11.6 Å². The Balaban J connectivity index is 1.76. The Labute approximate surface area is 137 Å². The van der Waals surface area contributed by atoms with Gasteiger partial charge >= 0.3 is 0 Å². The van der Waals surface area contributed by atoms with E-state index >= 15 is 0 Å². The van der Waals surface area contributed by atoms with E-state index in [1.54, 1.807) is 0 Å². The fourth-order valence-corrected chi connectivity index (χ4v) is 3.47. The monoisotopic (exact) mass is 334 g/mol. The third kappa shape index (κ3) is 2.30. The van der Waals surface area contributed by atoms with Crippen LogP contribution in [0, 0.1) is 11.3 Å². The molecule has 7 nitrogen and oxygen atoms in total. The molecule has 2 aromatic rings. The first-order chi connectivity index (χ1) is 11.0. The maximum atomic E-state index is 9.03. The molecule has 2 saturated heterocycles. The Hall–Kier alpha value is -1.72. The SMILES string of the molecule is CC1(C)O[C@@H]2[C@H](O1)C(CC#N)O[C@H]2n1ccc2c(Cl)ncnc21. The van der Waals surface area contributed by atoms with Gasteiger partial charge in [0.25, 0.3) is 0 Å². The van der Waals surface area contributed by atoms with Gasteiger partial charge in [0.1, 0.15) is 35.4 Å². The fraction of sp³-hybridized carbons (Fsp3) is 0.533. The third-order valence-electron chi connectivity index (χ3n) is 4.15. The molecule has 0 bridgehead atoms. The number of nitrogens with zero attached hydrogens (tertiary/aromatic N) is 4. The van der Waals surface area contributed by atoms with E-state index in [4.69, 9.17) is 31.1 Å². The maximum Gasteiger partial charge on any atom is 0.164 e. The predicted octanol–water partition coefficient (Wildman–Crippen LogP) is 2.42. The lowest BCUT2D eigenvalue weighted by Gasteiger charge is -2.24. The minimum atomic E-state index is -0.708. The topological polar surface area (TPSA) is 82.2 Å². The zero-order chi connectivity index (χ0) is 16.2. The Morgan fingerprint density at radius 3 is 2.91 bits per heavy atom. The van der Waals surface area contributed by atoms with E-state index in [2.05, 4.69) is 16.0 Å².